The molecule has 0 radical (unpaired) electrons. The van der Waals surface area contributed by atoms with Gasteiger partial charge in [-0.3, -0.25) is 14.2 Å². The van der Waals surface area contributed by atoms with Gasteiger partial charge in [-0.05, 0) is 57.5 Å². The molecular formula is C20H22FN3O2S2. The number of amides is 1. The molecule has 1 amide bonds. The fourth-order valence-corrected chi connectivity index (χ4v) is 5.04. The van der Waals surface area contributed by atoms with Gasteiger partial charge in [0, 0.05) is 23.7 Å². The van der Waals surface area contributed by atoms with Gasteiger partial charge in [0.15, 0.2) is 5.16 Å². The van der Waals surface area contributed by atoms with Gasteiger partial charge in [-0.2, -0.15) is 0 Å². The first-order chi connectivity index (χ1) is 13.4. The van der Waals surface area contributed by atoms with Crippen molar-refractivity contribution >= 4 is 44.9 Å². The van der Waals surface area contributed by atoms with Crippen LogP contribution >= 0.6 is 23.1 Å². The Morgan fingerprint density at radius 1 is 1.25 bits per heavy atom. The Balaban J connectivity index is 1.87. The third kappa shape index (κ3) is 3.84. The van der Waals surface area contributed by atoms with Crippen molar-refractivity contribution in [1.82, 2.24) is 9.55 Å². The number of anilines is 1. The Morgan fingerprint density at radius 2 is 1.93 bits per heavy atom. The SMILES string of the molecule is CCN(C(=O)CSc1nc2sc(C)c(C)c2c(=O)n1CC)c1ccc(F)cc1. The molecule has 3 rings (SSSR count). The number of hydrogen-bond donors (Lipinski definition) is 0. The molecule has 0 aliphatic carbocycles. The second-order valence-electron chi connectivity index (χ2n) is 6.31. The van der Waals surface area contributed by atoms with E-state index in [0.29, 0.717) is 34.1 Å². The van der Waals surface area contributed by atoms with E-state index in [1.807, 2.05) is 27.7 Å². The van der Waals surface area contributed by atoms with E-state index in [1.54, 1.807) is 21.6 Å². The fourth-order valence-electron chi connectivity index (χ4n) is 3.03. The van der Waals surface area contributed by atoms with Gasteiger partial charge in [0.25, 0.3) is 5.56 Å². The number of carbonyl (C=O) groups is 1. The summed E-state index contributed by atoms with van der Waals surface area (Å²) in [5, 5.41) is 1.21. The molecule has 0 aliphatic rings. The molecule has 8 heteroatoms. The molecule has 5 nitrogen and oxygen atoms in total. The molecule has 0 fully saturated rings. The van der Waals surface area contributed by atoms with Crippen LogP contribution in [0.25, 0.3) is 10.2 Å². The summed E-state index contributed by atoms with van der Waals surface area (Å²) in [6.07, 6.45) is 0. The van der Waals surface area contributed by atoms with Crippen LogP contribution in [0.2, 0.25) is 0 Å². The number of carbonyl (C=O) groups excluding carboxylic acids is 1. The highest BCUT2D eigenvalue weighted by molar-refractivity contribution is 7.99. The lowest BCUT2D eigenvalue weighted by atomic mass is 10.2. The van der Waals surface area contributed by atoms with E-state index in [-0.39, 0.29) is 23.0 Å². The molecule has 0 spiro atoms. The van der Waals surface area contributed by atoms with Crippen LogP contribution in [0.15, 0.2) is 34.2 Å². The second kappa shape index (κ2) is 8.45. The molecule has 0 N–H and O–H groups in total. The van der Waals surface area contributed by atoms with Crippen LogP contribution in [0.4, 0.5) is 10.1 Å². The Kier molecular flexibility index (Phi) is 6.20. The molecule has 148 valence electrons. The molecule has 2 heterocycles. The van der Waals surface area contributed by atoms with Crippen LogP contribution in [0, 0.1) is 19.7 Å². The van der Waals surface area contributed by atoms with E-state index in [1.165, 1.54) is 35.2 Å². The lowest BCUT2D eigenvalue weighted by molar-refractivity contribution is -0.116. The summed E-state index contributed by atoms with van der Waals surface area (Å²) < 4.78 is 14.8. The van der Waals surface area contributed by atoms with Gasteiger partial charge in [-0.25, -0.2) is 9.37 Å². The summed E-state index contributed by atoms with van der Waals surface area (Å²) in [6, 6.07) is 5.85. The van der Waals surface area contributed by atoms with Crippen LogP contribution in [-0.4, -0.2) is 27.8 Å². The van der Waals surface area contributed by atoms with E-state index >= 15 is 0 Å². The smallest absolute Gasteiger partial charge is 0.263 e. The van der Waals surface area contributed by atoms with Crippen LogP contribution in [0.5, 0.6) is 0 Å². The third-order valence-electron chi connectivity index (χ3n) is 4.65. The van der Waals surface area contributed by atoms with Crippen molar-refractivity contribution in [3.05, 3.63) is 50.9 Å². The highest BCUT2D eigenvalue weighted by Gasteiger charge is 2.19. The number of halogens is 1. The molecule has 0 saturated carbocycles. The molecule has 1 aromatic carbocycles. The Labute approximate surface area is 171 Å². The van der Waals surface area contributed by atoms with Crippen molar-refractivity contribution in [2.75, 3.05) is 17.2 Å². The largest absolute Gasteiger partial charge is 0.312 e. The molecule has 2 aromatic heterocycles. The summed E-state index contributed by atoms with van der Waals surface area (Å²) in [4.78, 5) is 33.7. The average molecular weight is 420 g/mol. The molecule has 0 unspecified atom stereocenters. The minimum atomic E-state index is -0.340. The van der Waals surface area contributed by atoms with Gasteiger partial charge >= 0.3 is 0 Å². The number of rotatable bonds is 6. The fraction of sp³-hybridized carbons (Fsp3) is 0.350. The monoisotopic (exact) mass is 419 g/mol. The van der Waals surface area contributed by atoms with E-state index in [0.717, 1.165) is 10.4 Å². The zero-order chi connectivity index (χ0) is 20.4. The van der Waals surface area contributed by atoms with Crippen molar-refractivity contribution < 1.29 is 9.18 Å². The Bertz CT molecular complexity index is 1070. The molecule has 0 aliphatic heterocycles. The van der Waals surface area contributed by atoms with E-state index in [9.17, 15) is 14.0 Å². The summed E-state index contributed by atoms with van der Waals surface area (Å²) >= 11 is 2.76. The first-order valence-corrected chi connectivity index (χ1v) is 10.9. The maximum atomic E-state index is 13.2. The zero-order valence-corrected chi connectivity index (χ0v) is 17.9. The van der Waals surface area contributed by atoms with Crippen LogP contribution in [0.3, 0.4) is 0 Å². The van der Waals surface area contributed by atoms with Gasteiger partial charge in [-0.15, -0.1) is 11.3 Å². The summed E-state index contributed by atoms with van der Waals surface area (Å²) in [5.74, 6) is -0.311. The molecular weight excluding hydrogens is 397 g/mol. The quantitative estimate of drug-likeness (QED) is 0.440. The number of benzene rings is 1. The first kappa shape index (κ1) is 20.5. The van der Waals surface area contributed by atoms with Gasteiger partial charge in [0.1, 0.15) is 10.6 Å². The number of aromatic nitrogens is 2. The van der Waals surface area contributed by atoms with Crippen molar-refractivity contribution in [2.24, 2.45) is 0 Å². The summed E-state index contributed by atoms with van der Waals surface area (Å²) in [5.41, 5.74) is 1.56. The van der Waals surface area contributed by atoms with Crippen LogP contribution < -0.4 is 10.5 Å². The number of thioether (sulfide) groups is 1. The molecule has 0 bridgehead atoms. The Morgan fingerprint density at radius 3 is 2.54 bits per heavy atom. The minimum absolute atomic E-state index is 0.0600. The maximum absolute atomic E-state index is 13.2. The van der Waals surface area contributed by atoms with Gasteiger partial charge in [-0.1, -0.05) is 11.8 Å². The van der Waals surface area contributed by atoms with Gasteiger partial charge in [0.05, 0.1) is 11.1 Å². The van der Waals surface area contributed by atoms with Crippen LogP contribution in [-0.2, 0) is 11.3 Å². The highest BCUT2D eigenvalue weighted by Crippen LogP contribution is 2.28. The Hall–Kier alpha value is -2.19. The topological polar surface area (TPSA) is 55.2 Å². The van der Waals surface area contributed by atoms with Crippen molar-refractivity contribution in [3.8, 4) is 0 Å². The maximum Gasteiger partial charge on any atom is 0.263 e. The lowest BCUT2D eigenvalue weighted by Crippen LogP contribution is -2.32. The molecule has 3 aromatic rings. The average Bonchev–Trinajstić information content (AvgIpc) is 2.96. The van der Waals surface area contributed by atoms with E-state index < -0.39 is 0 Å². The van der Waals surface area contributed by atoms with E-state index in [4.69, 9.17) is 0 Å². The summed E-state index contributed by atoms with van der Waals surface area (Å²) in [7, 11) is 0. The predicted molar refractivity (Wildman–Crippen MR) is 114 cm³/mol. The van der Waals surface area contributed by atoms with Crippen molar-refractivity contribution in [2.45, 2.75) is 39.4 Å². The number of hydrogen-bond acceptors (Lipinski definition) is 5. The lowest BCUT2D eigenvalue weighted by Gasteiger charge is -2.21. The molecule has 0 atom stereocenters. The van der Waals surface area contributed by atoms with Crippen molar-refractivity contribution in [1.29, 1.82) is 0 Å². The van der Waals surface area contributed by atoms with Crippen molar-refractivity contribution in [3.63, 3.8) is 0 Å². The number of nitrogens with zero attached hydrogens (tertiary/aromatic N) is 3. The molecule has 0 saturated heterocycles. The second-order valence-corrected chi connectivity index (χ2v) is 8.46. The molecule has 28 heavy (non-hydrogen) atoms. The van der Waals surface area contributed by atoms with Gasteiger partial charge < -0.3 is 4.90 Å². The van der Waals surface area contributed by atoms with Gasteiger partial charge in [0.2, 0.25) is 5.91 Å². The number of thiophene rings is 1. The number of aryl methyl sites for hydroxylation is 2. The van der Waals surface area contributed by atoms with E-state index in [2.05, 4.69) is 4.98 Å². The normalized spacial score (nSPS) is 11.2. The minimum Gasteiger partial charge on any atom is -0.312 e. The van der Waals surface area contributed by atoms with Crippen LogP contribution in [0.1, 0.15) is 24.3 Å². The third-order valence-corrected chi connectivity index (χ3v) is 6.71. The predicted octanol–water partition coefficient (Wildman–Crippen LogP) is 4.38. The standard InChI is InChI=1S/C20H22FN3O2S2/c1-5-23(15-9-7-14(21)8-10-15)16(25)11-27-20-22-18-17(12(3)13(4)28-18)19(26)24(20)6-2/h7-10H,5-6,11H2,1-4H3. The highest BCUT2D eigenvalue weighted by atomic mass is 32.2. The summed E-state index contributed by atoms with van der Waals surface area (Å²) in [6.45, 7) is 8.65. The number of fused-ring (bicyclic) bond motifs is 1. The first-order valence-electron chi connectivity index (χ1n) is 9.06. The zero-order valence-electron chi connectivity index (χ0n) is 16.3.